The Hall–Kier alpha value is -3.15. The Labute approximate surface area is 145 Å². The van der Waals surface area contributed by atoms with Crippen LogP contribution in [0.4, 0.5) is 16.2 Å². The van der Waals surface area contributed by atoms with Gasteiger partial charge < -0.3 is 16.0 Å². The molecule has 128 valence electrons. The largest absolute Gasteiger partial charge is 0.331 e. The molecule has 1 heterocycles. The van der Waals surface area contributed by atoms with Gasteiger partial charge in [-0.05, 0) is 55.3 Å². The number of fused-ring (bicyclic) bond motifs is 1. The molecule has 3 amide bonds. The molecule has 25 heavy (non-hydrogen) atoms. The average molecular weight is 337 g/mol. The van der Waals surface area contributed by atoms with Crippen molar-refractivity contribution in [2.45, 2.75) is 26.3 Å². The molecular formula is C19H19N3O3. The van der Waals surface area contributed by atoms with E-state index < -0.39 is 0 Å². The lowest BCUT2D eigenvalue weighted by atomic mass is 10.0. The second-order valence-electron chi connectivity index (χ2n) is 6.10. The Morgan fingerprint density at radius 2 is 1.84 bits per heavy atom. The minimum Gasteiger partial charge on any atom is -0.331 e. The maximum atomic E-state index is 12.1. The van der Waals surface area contributed by atoms with Crippen LogP contribution in [-0.4, -0.2) is 17.7 Å². The van der Waals surface area contributed by atoms with E-state index in [0.29, 0.717) is 17.7 Å². The predicted molar refractivity (Wildman–Crippen MR) is 95.8 cm³/mol. The predicted octanol–water partition coefficient (Wildman–Crippen LogP) is 3.27. The zero-order chi connectivity index (χ0) is 18.0. The third-order valence-electron chi connectivity index (χ3n) is 4.15. The molecule has 0 saturated carbocycles. The number of Topliss-reactive ketones (excluding diaryl/α,β-unsaturated/α-hetero) is 1. The van der Waals surface area contributed by atoms with Crippen LogP contribution < -0.4 is 16.0 Å². The van der Waals surface area contributed by atoms with Crippen LogP contribution >= 0.6 is 0 Å². The number of benzene rings is 2. The normalized spacial score (nSPS) is 13.6. The van der Waals surface area contributed by atoms with Gasteiger partial charge in [0.1, 0.15) is 0 Å². The summed E-state index contributed by atoms with van der Waals surface area (Å²) in [6.45, 7) is 3.38. The van der Waals surface area contributed by atoms with Crippen LogP contribution in [-0.2, 0) is 11.2 Å². The summed E-state index contributed by atoms with van der Waals surface area (Å²) in [6, 6.07) is 11.8. The first-order chi connectivity index (χ1) is 11.9. The first-order valence-corrected chi connectivity index (χ1v) is 8.03. The lowest BCUT2D eigenvalue weighted by Crippen LogP contribution is -2.31. The highest BCUT2D eigenvalue weighted by molar-refractivity contribution is 5.99. The maximum Gasteiger partial charge on any atom is 0.319 e. The highest BCUT2D eigenvalue weighted by atomic mass is 16.2. The molecule has 3 rings (SSSR count). The molecule has 3 N–H and O–H groups in total. The highest BCUT2D eigenvalue weighted by Gasteiger charge is 2.19. The van der Waals surface area contributed by atoms with Gasteiger partial charge in [0.2, 0.25) is 5.91 Å². The zero-order valence-corrected chi connectivity index (χ0v) is 14.1. The molecule has 0 spiro atoms. The fourth-order valence-electron chi connectivity index (χ4n) is 2.75. The van der Waals surface area contributed by atoms with Crippen molar-refractivity contribution >= 4 is 29.1 Å². The number of nitrogens with one attached hydrogen (secondary N) is 3. The van der Waals surface area contributed by atoms with Crippen molar-refractivity contribution in [1.82, 2.24) is 5.32 Å². The molecule has 1 unspecified atom stereocenters. The number of hydrogen-bond donors (Lipinski definition) is 3. The molecule has 1 atom stereocenters. The summed E-state index contributed by atoms with van der Waals surface area (Å²) in [5.74, 6) is -0.0336. The summed E-state index contributed by atoms with van der Waals surface area (Å²) in [7, 11) is 0. The van der Waals surface area contributed by atoms with E-state index in [1.54, 1.807) is 24.3 Å². The standard InChI is InChI=1S/C19H19N3O3/c1-11(14-5-8-17-15(9-14)10-18(24)22-17)20-19(25)21-16-6-3-13(4-7-16)12(2)23/h3-9,11H,10H2,1-2H3,(H,22,24)(H2,20,21,25). The van der Waals surface area contributed by atoms with Gasteiger partial charge in [-0.1, -0.05) is 12.1 Å². The Morgan fingerprint density at radius 1 is 1.12 bits per heavy atom. The number of anilines is 2. The first-order valence-electron chi connectivity index (χ1n) is 8.03. The van der Waals surface area contributed by atoms with Gasteiger partial charge in [0.05, 0.1) is 12.5 Å². The van der Waals surface area contributed by atoms with Crippen molar-refractivity contribution in [3.8, 4) is 0 Å². The van der Waals surface area contributed by atoms with Crippen molar-refractivity contribution in [2.24, 2.45) is 0 Å². The maximum absolute atomic E-state index is 12.1. The third kappa shape index (κ3) is 3.85. The van der Waals surface area contributed by atoms with E-state index in [1.807, 2.05) is 25.1 Å². The van der Waals surface area contributed by atoms with Crippen molar-refractivity contribution < 1.29 is 14.4 Å². The molecule has 6 heteroatoms. The smallest absolute Gasteiger partial charge is 0.319 e. The quantitative estimate of drug-likeness (QED) is 0.748. The Balaban J connectivity index is 1.62. The van der Waals surface area contributed by atoms with Gasteiger partial charge in [0.25, 0.3) is 0 Å². The average Bonchev–Trinajstić information content (AvgIpc) is 2.94. The van der Waals surface area contributed by atoms with Gasteiger partial charge in [0.15, 0.2) is 5.78 Å². The van der Waals surface area contributed by atoms with Gasteiger partial charge in [-0.15, -0.1) is 0 Å². The molecule has 6 nitrogen and oxygen atoms in total. The van der Waals surface area contributed by atoms with Gasteiger partial charge >= 0.3 is 6.03 Å². The molecule has 0 radical (unpaired) electrons. The summed E-state index contributed by atoms with van der Waals surface area (Å²) >= 11 is 0. The van der Waals surface area contributed by atoms with Crippen molar-refractivity contribution in [2.75, 3.05) is 10.6 Å². The van der Waals surface area contributed by atoms with Crippen LogP contribution in [0.3, 0.4) is 0 Å². The fourth-order valence-corrected chi connectivity index (χ4v) is 2.75. The summed E-state index contributed by atoms with van der Waals surface area (Å²) in [6.07, 6.45) is 0.366. The summed E-state index contributed by atoms with van der Waals surface area (Å²) in [5, 5.41) is 8.39. The minimum absolute atomic E-state index is 0.0143. The molecule has 1 aliphatic heterocycles. The number of carbonyl (C=O) groups excluding carboxylic acids is 3. The second-order valence-corrected chi connectivity index (χ2v) is 6.10. The summed E-state index contributed by atoms with van der Waals surface area (Å²) in [4.78, 5) is 34.8. The molecule has 0 fully saturated rings. The molecule has 2 aromatic rings. The van der Waals surface area contributed by atoms with E-state index in [9.17, 15) is 14.4 Å². The monoisotopic (exact) mass is 337 g/mol. The first kappa shape index (κ1) is 16.7. The molecule has 0 aromatic heterocycles. The van der Waals surface area contributed by atoms with Gasteiger partial charge in [-0.2, -0.15) is 0 Å². The van der Waals surface area contributed by atoms with E-state index in [0.717, 1.165) is 16.8 Å². The molecular weight excluding hydrogens is 318 g/mol. The van der Waals surface area contributed by atoms with Crippen molar-refractivity contribution in [3.63, 3.8) is 0 Å². The molecule has 1 aliphatic rings. The van der Waals surface area contributed by atoms with E-state index in [-0.39, 0.29) is 23.8 Å². The number of carbonyl (C=O) groups is 3. The number of rotatable bonds is 4. The third-order valence-corrected chi connectivity index (χ3v) is 4.15. The number of ketones is 1. The number of hydrogen-bond acceptors (Lipinski definition) is 3. The molecule has 0 aliphatic carbocycles. The zero-order valence-electron chi connectivity index (χ0n) is 14.1. The van der Waals surface area contributed by atoms with Crippen LogP contribution in [0.25, 0.3) is 0 Å². The molecule has 0 bridgehead atoms. The van der Waals surface area contributed by atoms with Crippen LogP contribution in [0.15, 0.2) is 42.5 Å². The lowest BCUT2D eigenvalue weighted by molar-refractivity contribution is -0.115. The SMILES string of the molecule is CC(=O)c1ccc(NC(=O)NC(C)c2ccc3c(c2)CC(=O)N3)cc1. The van der Waals surface area contributed by atoms with Crippen LogP contribution in [0, 0.1) is 0 Å². The minimum atomic E-state index is -0.335. The summed E-state index contributed by atoms with van der Waals surface area (Å²) in [5.41, 5.74) is 3.91. The number of urea groups is 1. The van der Waals surface area contributed by atoms with Crippen LogP contribution in [0.2, 0.25) is 0 Å². The van der Waals surface area contributed by atoms with E-state index in [1.165, 1.54) is 6.92 Å². The van der Waals surface area contributed by atoms with Crippen LogP contribution in [0.1, 0.15) is 41.4 Å². The van der Waals surface area contributed by atoms with E-state index >= 15 is 0 Å². The van der Waals surface area contributed by atoms with Gasteiger partial charge in [0, 0.05) is 16.9 Å². The fraction of sp³-hybridized carbons (Fsp3) is 0.211. The highest BCUT2D eigenvalue weighted by Crippen LogP contribution is 2.26. The lowest BCUT2D eigenvalue weighted by Gasteiger charge is -2.16. The Kier molecular flexibility index (Phi) is 4.52. The molecule has 0 saturated heterocycles. The van der Waals surface area contributed by atoms with Gasteiger partial charge in [-0.25, -0.2) is 4.79 Å². The van der Waals surface area contributed by atoms with E-state index in [4.69, 9.17) is 0 Å². The second kappa shape index (κ2) is 6.76. The topological polar surface area (TPSA) is 87.3 Å². The van der Waals surface area contributed by atoms with Crippen LogP contribution in [0.5, 0.6) is 0 Å². The van der Waals surface area contributed by atoms with Crippen molar-refractivity contribution in [3.05, 3.63) is 59.2 Å². The van der Waals surface area contributed by atoms with Crippen molar-refractivity contribution in [1.29, 1.82) is 0 Å². The number of amides is 3. The molecule has 2 aromatic carbocycles. The van der Waals surface area contributed by atoms with Gasteiger partial charge in [-0.3, -0.25) is 9.59 Å². The summed E-state index contributed by atoms with van der Waals surface area (Å²) < 4.78 is 0. The van der Waals surface area contributed by atoms with E-state index in [2.05, 4.69) is 16.0 Å². The Bertz CT molecular complexity index is 843. The Morgan fingerprint density at radius 3 is 2.52 bits per heavy atom.